The van der Waals surface area contributed by atoms with E-state index in [-0.39, 0.29) is 5.29 Å². The van der Waals surface area contributed by atoms with Crippen molar-refractivity contribution in [3.05, 3.63) is 0 Å². The molecule has 0 heterocycles. The topological polar surface area (TPSA) is 63.1 Å². The summed E-state index contributed by atoms with van der Waals surface area (Å²) in [5.41, 5.74) is 0. The van der Waals surface area contributed by atoms with Crippen LogP contribution in [0.1, 0.15) is 0 Å². The first-order valence-corrected chi connectivity index (χ1v) is 1.98. The van der Waals surface area contributed by atoms with E-state index in [9.17, 15) is 0 Å². The third-order valence-corrected chi connectivity index (χ3v) is 0.476. The molecule has 0 saturated carbocycles. The fourth-order valence-corrected chi connectivity index (χ4v) is 0.205. The lowest BCUT2D eigenvalue weighted by Gasteiger charge is -1.74. The number of nitrogens with two attached hydrogens (primary N) is 1. The Labute approximate surface area is 50.1 Å². The summed E-state index contributed by atoms with van der Waals surface area (Å²) < 4.78 is 2.76. The zero-order valence-corrected chi connectivity index (χ0v) is 4.69. The largest absolute Gasteiger partial charge is 0.320 e. The van der Waals surface area contributed by atoms with Crippen LogP contribution in [-0.4, -0.2) is 5.29 Å². The van der Waals surface area contributed by atoms with Crippen LogP contribution >= 0.6 is 23.4 Å². The van der Waals surface area contributed by atoms with Gasteiger partial charge in [-0.1, -0.05) is 4.63 Å². The molecule has 0 bridgehead atoms. The number of hydrazone groups is 1. The molecular weight excluding hydrogens is 139 g/mol. The second-order valence-corrected chi connectivity index (χ2v) is 1.06. The van der Waals surface area contributed by atoms with Gasteiger partial charge in [-0.3, -0.25) is 0 Å². The van der Waals surface area contributed by atoms with Crippen LogP contribution in [0.5, 0.6) is 0 Å². The third-order valence-electron chi connectivity index (χ3n) is 0.227. The van der Waals surface area contributed by atoms with Crippen LogP contribution in [-0.2, 0) is 0 Å². The van der Waals surface area contributed by atoms with E-state index in [0.717, 1.165) is 0 Å². The highest BCUT2D eigenvalue weighted by atomic mass is 35.5. The predicted octanol–water partition coefficient (Wildman–Crippen LogP) is 1.06. The van der Waals surface area contributed by atoms with Gasteiger partial charge in [0, 0.05) is 0 Å². The lowest BCUT2D eigenvalue weighted by Crippen LogP contribution is -1.85. The summed E-state index contributed by atoms with van der Waals surface area (Å²) in [4.78, 5) is 0. The van der Waals surface area contributed by atoms with Crippen molar-refractivity contribution in [3.8, 4) is 0 Å². The van der Waals surface area contributed by atoms with E-state index < -0.39 is 0 Å². The Hall–Kier alpha value is -0.350. The van der Waals surface area contributed by atoms with Crippen molar-refractivity contribution < 1.29 is 0 Å². The molecule has 0 aliphatic carbocycles. The van der Waals surface area contributed by atoms with Crippen molar-refractivity contribution >= 4 is 28.7 Å². The predicted molar refractivity (Wildman–Crippen MR) is 28.2 cm³/mol. The van der Waals surface area contributed by atoms with Gasteiger partial charge in [0.25, 0.3) is 5.29 Å². The molecule has 7 heavy (non-hydrogen) atoms. The minimum Gasteiger partial charge on any atom is -0.320 e. The summed E-state index contributed by atoms with van der Waals surface area (Å²) in [5, 5.41) is 5.77. The summed E-state index contributed by atoms with van der Waals surface area (Å²) in [6.07, 6.45) is 0. The van der Waals surface area contributed by atoms with E-state index in [0.29, 0.717) is 0 Å². The van der Waals surface area contributed by atoms with E-state index in [2.05, 4.69) is 20.7 Å². The smallest absolute Gasteiger partial charge is 0.260 e. The quantitative estimate of drug-likeness (QED) is 0.134. The van der Waals surface area contributed by atoms with Crippen LogP contribution in [0.15, 0.2) is 14.8 Å². The summed E-state index contributed by atoms with van der Waals surface area (Å²) in [6, 6.07) is 0. The Morgan fingerprint density at radius 2 is 2.14 bits per heavy atom. The van der Waals surface area contributed by atoms with Gasteiger partial charge in [0.05, 0.1) is 11.8 Å². The van der Waals surface area contributed by atoms with Gasteiger partial charge in [-0.25, -0.2) is 0 Å². The van der Waals surface area contributed by atoms with Gasteiger partial charge in [-0.05, 0) is 11.6 Å². The van der Waals surface area contributed by atoms with Crippen molar-refractivity contribution in [2.75, 3.05) is 0 Å². The first kappa shape index (κ1) is 6.65. The van der Waals surface area contributed by atoms with Gasteiger partial charge in [-0.2, -0.15) is 0 Å². The van der Waals surface area contributed by atoms with Gasteiger partial charge < -0.3 is 5.84 Å². The van der Waals surface area contributed by atoms with E-state index in [1.807, 2.05) is 0 Å². The maximum Gasteiger partial charge on any atom is 0.260 e. The average Bonchev–Trinajstić information content (AvgIpc) is 1.68. The van der Waals surface area contributed by atoms with Gasteiger partial charge >= 0.3 is 0 Å². The monoisotopic (exact) mass is 140 g/mol. The third kappa shape index (κ3) is 3.48. The highest BCUT2D eigenvalue weighted by Gasteiger charge is 1.80. The maximum absolute atomic E-state index is 5.05. The second-order valence-electron chi connectivity index (χ2n) is 0.574. The minimum atomic E-state index is -0.171. The SMILES string of the molecule is NN=C(Cl)N=NCl. The molecule has 0 unspecified atom stereocenters. The maximum atomic E-state index is 5.05. The standard InChI is InChI=1S/CH2Cl2N4/c2-1(5-4)6-7-3/h4H2. The first-order chi connectivity index (χ1) is 3.31. The van der Waals surface area contributed by atoms with Crippen LogP contribution in [0.3, 0.4) is 0 Å². The molecule has 0 aliphatic heterocycles. The van der Waals surface area contributed by atoms with Crippen molar-refractivity contribution in [1.29, 1.82) is 0 Å². The van der Waals surface area contributed by atoms with E-state index in [4.69, 9.17) is 23.4 Å². The molecule has 40 valence electrons. The fraction of sp³-hybridized carbons (Fsp3) is 0. The van der Waals surface area contributed by atoms with Crippen LogP contribution in [0.2, 0.25) is 0 Å². The zero-order chi connectivity index (χ0) is 5.70. The van der Waals surface area contributed by atoms with Gasteiger partial charge in [0.1, 0.15) is 0 Å². The molecule has 0 aromatic carbocycles. The molecule has 0 amide bonds. The summed E-state index contributed by atoms with van der Waals surface area (Å²) in [5.74, 6) is 4.60. The Morgan fingerprint density at radius 3 is 2.29 bits per heavy atom. The first-order valence-electron chi connectivity index (χ1n) is 1.26. The van der Waals surface area contributed by atoms with E-state index in [1.54, 1.807) is 0 Å². The van der Waals surface area contributed by atoms with Crippen molar-refractivity contribution in [1.82, 2.24) is 0 Å². The number of amidine groups is 1. The molecule has 0 atom stereocenters. The number of hydrogen-bond acceptors (Lipinski definition) is 3. The zero-order valence-electron chi connectivity index (χ0n) is 3.17. The highest BCUT2D eigenvalue weighted by Crippen LogP contribution is 1.87. The lowest BCUT2D eigenvalue weighted by molar-refractivity contribution is 1.23. The van der Waals surface area contributed by atoms with Crippen molar-refractivity contribution in [2.24, 2.45) is 20.7 Å². The molecule has 0 aromatic heterocycles. The van der Waals surface area contributed by atoms with Gasteiger partial charge in [0.2, 0.25) is 0 Å². The Balaban J connectivity index is 3.58. The molecule has 0 aliphatic rings. The lowest BCUT2D eigenvalue weighted by atomic mass is 11.3. The van der Waals surface area contributed by atoms with E-state index in [1.165, 1.54) is 0 Å². The van der Waals surface area contributed by atoms with Crippen LogP contribution in [0.4, 0.5) is 0 Å². The van der Waals surface area contributed by atoms with Gasteiger partial charge in [-0.15, -0.1) is 10.2 Å². The number of halogens is 2. The Bertz CT molecular complexity index is 95.9. The molecule has 0 fully saturated rings. The molecule has 4 nitrogen and oxygen atoms in total. The summed E-state index contributed by atoms with van der Waals surface area (Å²) >= 11 is 9.76. The average molecular weight is 141 g/mol. The normalized spacial score (nSPS) is 13.1. The summed E-state index contributed by atoms with van der Waals surface area (Å²) in [6.45, 7) is 0. The van der Waals surface area contributed by atoms with Crippen LogP contribution in [0.25, 0.3) is 0 Å². The fourth-order valence-electron chi connectivity index (χ4n) is 0.0570. The molecule has 2 N–H and O–H groups in total. The number of nitrogens with zero attached hydrogens (tertiary/aromatic N) is 3. The number of hydrogen-bond donors (Lipinski definition) is 1. The molecule has 0 aromatic rings. The molecule has 0 saturated heterocycles. The van der Waals surface area contributed by atoms with Crippen molar-refractivity contribution in [3.63, 3.8) is 0 Å². The molecule has 6 heteroatoms. The molecule has 0 rings (SSSR count). The van der Waals surface area contributed by atoms with Gasteiger partial charge in [0.15, 0.2) is 0 Å². The van der Waals surface area contributed by atoms with E-state index >= 15 is 0 Å². The molecule has 0 spiro atoms. The Kier molecular flexibility index (Phi) is 3.64. The Morgan fingerprint density at radius 1 is 1.57 bits per heavy atom. The molecule has 0 radical (unpaired) electrons. The summed E-state index contributed by atoms with van der Waals surface area (Å²) in [7, 11) is 0. The molecular formula is CH2Cl2N4. The van der Waals surface area contributed by atoms with Crippen molar-refractivity contribution in [2.45, 2.75) is 0 Å². The van der Waals surface area contributed by atoms with Crippen LogP contribution in [0, 0.1) is 0 Å². The second kappa shape index (κ2) is 3.83. The van der Waals surface area contributed by atoms with Crippen LogP contribution < -0.4 is 5.84 Å². The highest BCUT2D eigenvalue weighted by molar-refractivity contribution is 6.64. The minimum absolute atomic E-state index is 0.171. The number of rotatable bonds is 0.